The zero-order valence-electron chi connectivity index (χ0n) is 4.04. The SMILES string of the molecule is C=C(C)C=C(Br)Br. The third-order valence-electron chi connectivity index (χ3n) is 0.356. The zero-order valence-corrected chi connectivity index (χ0v) is 7.21. The molecule has 0 aromatic heterocycles. The molecule has 0 radical (unpaired) electrons. The highest BCUT2D eigenvalue weighted by Gasteiger charge is 1.78. The molecule has 0 spiro atoms. The largest absolute Gasteiger partial charge is 0.0961 e. The Morgan fingerprint density at radius 1 is 1.57 bits per heavy atom. The van der Waals surface area contributed by atoms with Crippen LogP contribution in [0.2, 0.25) is 0 Å². The van der Waals surface area contributed by atoms with Crippen molar-refractivity contribution < 1.29 is 0 Å². The van der Waals surface area contributed by atoms with E-state index in [1.165, 1.54) is 0 Å². The van der Waals surface area contributed by atoms with Gasteiger partial charge in [0.15, 0.2) is 0 Å². The molecular formula is C5H6Br2. The Bertz CT molecular complexity index is 98.6. The number of halogens is 2. The lowest BCUT2D eigenvalue weighted by Crippen LogP contribution is -1.57. The van der Waals surface area contributed by atoms with Gasteiger partial charge in [-0.2, -0.15) is 0 Å². The number of hydrogen-bond acceptors (Lipinski definition) is 0. The Morgan fingerprint density at radius 3 is 2.00 bits per heavy atom. The predicted octanol–water partition coefficient (Wildman–Crippen LogP) is 3.19. The lowest BCUT2D eigenvalue weighted by atomic mass is 10.4. The van der Waals surface area contributed by atoms with E-state index >= 15 is 0 Å². The molecule has 0 aromatic rings. The van der Waals surface area contributed by atoms with Gasteiger partial charge in [0.05, 0.1) is 3.39 Å². The second-order valence-electron chi connectivity index (χ2n) is 1.28. The van der Waals surface area contributed by atoms with E-state index in [4.69, 9.17) is 0 Å². The Labute approximate surface area is 60.6 Å². The highest BCUT2D eigenvalue weighted by atomic mass is 79.9. The van der Waals surface area contributed by atoms with Crippen LogP contribution < -0.4 is 0 Å². The quantitative estimate of drug-likeness (QED) is 0.602. The summed E-state index contributed by atoms with van der Waals surface area (Å²) in [4.78, 5) is 0. The fraction of sp³-hybridized carbons (Fsp3) is 0.200. The monoisotopic (exact) mass is 224 g/mol. The van der Waals surface area contributed by atoms with Gasteiger partial charge in [-0.3, -0.25) is 0 Å². The van der Waals surface area contributed by atoms with E-state index in [-0.39, 0.29) is 0 Å². The van der Waals surface area contributed by atoms with E-state index in [0.717, 1.165) is 8.96 Å². The summed E-state index contributed by atoms with van der Waals surface area (Å²) < 4.78 is 0.938. The molecular weight excluding hydrogens is 220 g/mol. The molecule has 0 unspecified atom stereocenters. The molecule has 0 amide bonds. The lowest BCUT2D eigenvalue weighted by Gasteiger charge is -1.81. The minimum atomic E-state index is 0.938. The molecule has 0 heterocycles. The molecule has 0 aliphatic carbocycles. The first-order valence-electron chi connectivity index (χ1n) is 1.81. The van der Waals surface area contributed by atoms with Crippen molar-refractivity contribution in [1.29, 1.82) is 0 Å². The van der Waals surface area contributed by atoms with E-state index in [2.05, 4.69) is 38.4 Å². The van der Waals surface area contributed by atoms with Crippen LogP contribution in [-0.4, -0.2) is 0 Å². The van der Waals surface area contributed by atoms with Crippen molar-refractivity contribution in [2.24, 2.45) is 0 Å². The maximum absolute atomic E-state index is 3.66. The molecule has 0 aromatic carbocycles. The highest BCUT2D eigenvalue weighted by molar-refractivity contribution is 9.28. The second-order valence-corrected chi connectivity index (χ2v) is 4.05. The number of hydrogen-bond donors (Lipinski definition) is 0. The van der Waals surface area contributed by atoms with Crippen LogP contribution in [0.5, 0.6) is 0 Å². The van der Waals surface area contributed by atoms with Gasteiger partial charge in [-0.15, -0.1) is 0 Å². The first-order valence-corrected chi connectivity index (χ1v) is 3.39. The van der Waals surface area contributed by atoms with Gasteiger partial charge in [-0.05, 0) is 44.9 Å². The molecule has 0 rings (SSSR count). The molecule has 0 atom stereocenters. The van der Waals surface area contributed by atoms with Gasteiger partial charge < -0.3 is 0 Å². The minimum absolute atomic E-state index is 0.938. The molecule has 0 fully saturated rings. The summed E-state index contributed by atoms with van der Waals surface area (Å²) >= 11 is 6.38. The Morgan fingerprint density at radius 2 is 2.00 bits per heavy atom. The normalized spacial score (nSPS) is 7.86. The van der Waals surface area contributed by atoms with Crippen molar-refractivity contribution in [3.63, 3.8) is 0 Å². The van der Waals surface area contributed by atoms with Crippen molar-refractivity contribution in [2.75, 3.05) is 0 Å². The van der Waals surface area contributed by atoms with Crippen LogP contribution >= 0.6 is 31.9 Å². The third kappa shape index (κ3) is 6.44. The molecule has 0 N–H and O–H groups in total. The van der Waals surface area contributed by atoms with E-state index < -0.39 is 0 Å². The summed E-state index contributed by atoms with van der Waals surface area (Å²) in [5, 5.41) is 0. The highest BCUT2D eigenvalue weighted by Crippen LogP contribution is 2.14. The van der Waals surface area contributed by atoms with Crippen LogP contribution in [0, 0.1) is 0 Å². The summed E-state index contributed by atoms with van der Waals surface area (Å²) in [5.74, 6) is 0. The fourth-order valence-electron chi connectivity index (χ4n) is 0.186. The summed E-state index contributed by atoms with van der Waals surface area (Å²) in [5.41, 5.74) is 1.03. The van der Waals surface area contributed by atoms with Crippen molar-refractivity contribution in [3.8, 4) is 0 Å². The van der Waals surface area contributed by atoms with Gasteiger partial charge >= 0.3 is 0 Å². The second kappa shape index (κ2) is 3.44. The van der Waals surface area contributed by atoms with Gasteiger partial charge in [0.25, 0.3) is 0 Å². The van der Waals surface area contributed by atoms with Crippen LogP contribution in [0.1, 0.15) is 6.92 Å². The molecule has 7 heavy (non-hydrogen) atoms. The van der Waals surface area contributed by atoms with Gasteiger partial charge in [-0.1, -0.05) is 12.2 Å². The Balaban J connectivity index is 3.68. The van der Waals surface area contributed by atoms with Crippen molar-refractivity contribution in [3.05, 3.63) is 21.6 Å². The van der Waals surface area contributed by atoms with Gasteiger partial charge in [0.2, 0.25) is 0 Å². The summed E-state index contributed by atoms with van der Waals surface area (Å²) in [6.45, 7) is 5.59. The zero-order chi connectivity index (χ0) is 5.86. The van der Waals surface area contributed by atoms with Gasteiger partial charge in [0, 0.05) is 0 Å². The molecule has 2 heteroatoms. The Kier molecular flexibility index (Phi) is 3.66. The molecule has 0 saturated carbocycles. The third-order valence-corrected chi connectivity index (χ3v) is 0.813. The molecule has 40 valence electrons. The first-order chi connectivity index (χ1) is 3.13. The van der Waals surface area contributed by atoms with Gasteiger partial charge in [0.1, 0.15) is 0 Å². The number of rotatable bonds is 1. The molecule has 0 saturated heterocycles. The van der Waals surface area contributed by atoms with Crippen molar-refractivity contribution in [2.45, 2.75) is 6.92 Å². The summed E-state index contributed by atoms with van der Waals surface area (Å²) in [6, 6.07) is 0. The Hall–Kier alpha value is 0.440. The van der Waals surface area contributed by atoms with Crippen molar-refractivity contribution in [1.82, 2.24) is 0 Å². The topological polar surface area (TPSA) is 0 Å². The van der Waals surface area contributed by atoms with Gasteiger partial charge in [-0.25, -0.2) is 0 Å². The van der Waals surface area contributed by atoms with E-state index in [1.54, 1.807) is 0 Å². The maximum atomic E-state index is 3.66. The molecule has 0 aliphatic rings. The number of allylic oxidation sites excluding steroid dienone is 2. The summed E-state index contributed by atoms with van der Waals surface area (Å²) in [6.07, 6.45) is 1.89. The summed E-state index contributed by atoms with van der Waals surface area (Å²) in [7, 11) is 0. The average molecular weight is 226 g/mol. The molecule has 0 bridgehead atoms. The standard InChI is InChI=1S/C5H6Br2/c1-4(2)3-5(6)7/h3H,1H2,2H3. The molecule has 0 nitrogen and oxygen atoms in total. The van der Waals surface area contributed by atoms with Crippen LogP contribution in [0.15, 0.2) is 21.6 Å². The van der Waals surface area contributed by atoms with Crippen molar-refractivity contribution >= 4 is 31.9 Å². The van der Waals surface area contributed by atoms with E-state index in [9.17, 15) is 0 Å². The first kappa shape index (κ1) is 7.44. The smallest absolute Gasteiger partial charge is 0.0606 e. The van der Waals surface area contributed by atoms with Crippen LogP contribution in [0.4, 0.5) is 0 Å². The van der Waals surface area contributed by atoms with E-state index in [1.807, 2.05) is 13.0 Å². The maximum Gasteiger partial charge on any atom is 0.0606 e. The minimum Gasteiger partial charge on any atom is -0.0961 e. The molecule has 0 aliphatic heterocycles. The lowest BCUT2D eigenvalue weighted by molar-refractivity contribution is 1.57. The average Bonchev–Trinajstić information content (AvgIpc) is 1.27. The van der Waals surface area contributed by atoms with Crippen LogP contribution in [0.25, 0.3) is 0 Å². The van der Waals surface area contributed by atoms with Crippen LogP contribution in [0.3, 0.4) is 0 Å². The van der Waals surface area contributed by atoms with E-state index in [0.29, 0.717) is 0 Å². The predicted molar refractivity (Wildman–Crippen MR) is 40.8 cm³/mol. The van der Waals surface area contributed by atoms with Crippen LogP contribution in [-0.2, 0) is 0 Å². The fourth-order valence-corrected chi connectivity index (χ4v) is 0.968.